The third-order valence-corrected chi connectivity index (χ3v) is 2.36. The zero-order chi connectivity index (χ0) is 14.1. The number of allylic oxidation sites excluding steroid dienone is 3. The van der Waals surface area contributed by atoms with Gasteiger partial charge in [0.2, 0.25) is 0 Å². The average molecular weight is 260 g/mol. The normalized spacial score (nSPS) is 11.0. The largest absolute Gasteiger partial charge is 0.383 e. The molecule has 0 amide bonds. The van der Waals surface area contributed by atoms with Crippen molar-refractivity contribution in [3.63, 3.8) is 0 Å². The van der Waals surface area contributed by atoms with Crippen molar-refractivity contribution in [1.82, 2.24) is 5.32 Å². The maximum atomic E-state index is 11.7. The lowest BCUT2D eigenvalue weighted by molar-refractivity contribution is -0.384. The number of carbonyl (C=O) groups is 1. The summed E-state index contributed by atoms with van der Waals surface area (Å²) in [5.41, 5.74) is 0.435. The molecular formula is C14H16N2O3. The van der Waals surface area contributed by atoms with Gasteiger partial charge in [-0.05, 0) is 30.8 Å². The number of nitro benzene ring substituents is 1. The van der Waals surface area contributed by atoms with Gasteiger partial charge in [0.15, 0.2) is 5.78 Å². The summed E-state index contributed by atoms with van der Waals surface area (Å²) >= 11 is 0. The van der Waals surface area contributed by atoms with Crippen LogP contribution < -0.4 is 5.32 Å². The SMILES string of the molecule is CC/C=C\C=C/NCC(=O)c1ccc([N+](=O)[O-])cc1. The van der Waals surface area contributed by atoms with E-state index in [1.54, 1.807) is 6.20 Å². The van der Waals surface area contributed by atoms with E-state index in [4.69, 9.17) is 0 Å². The second kappa shape index (κ2) is 7.81. The molecule has 1 rings (SSSR count). The Morgan fingerprint density at radius 3 is 2.58 bits per heavy atom. The average Bonchev–Trinajstić information content (AvgIpc) is 2.42. The van der Waals surface area contributed by atoms with Gasteiger partial charge in [0.05, 0.1) is 11.5 Å². The third kappa shape index (κ3) is 5.16. The second-order valence-electron chi connectivity index (χ2n) is 3.80. The highest BCUT2D eigenvalue weighted by Gasteiger charge is 2.08. The molecule has 0 aliphatic carbocycles. The summed E-state index contributed by atoms with van der Waals surface area (Å²) in [5.74, 6) is -0.112. The number of Topliss-reactive ketones (excluding diaryl/α,β-unsaturated/α-hetero) is 1. The lowest BCUT2D eigenvalue weighted by atomic mass is 10.1. The highest BCUT2D eigenvalue weighted by molar-refractivity contribution is 5.97. The van der Waals surface area contributed by atoms with Gasteiger partial charge < -0.3 is 5.32 Å². The van der Waals surface area contributed by atoms with Crippen LogP contribution in [0.25, 0.3) is 0 Å². The Kier molecular flexibility index (Phi) is 6.02. The molecule has 100 valence electrons. The van der Waals surface area contributed by atoms with E-state index < -0.39 is 4.92 Å². The van der Waals surface area contributed by atoms with Crippen molar-refractivity contribution < 1.29 is 9.72 Å². The molecule has 0 atom stereocenters. The van der Waals surface area contributed by atoms with Crippen LogP contribution in [0.1, 0.15) is 23.7 Å². The number of benzene rings is 1. The summed E-state index contributed by atoms with van der Waals surface area (Å²) in [6, 6.07) is 5.58. The molecule has 0 fully saturated rings. The van der Waals surface area contributed by atoms with E-state index in [0.717, 1.165) is 6.42 Å². The van der Waals surface area contributed by atoms with Gasteiger partial charge in [-0.1, -0.05) is 19.1 Å². The van der Waals surface area contributed by atoms with Gasteiger partial charge in [-0.15, -0.1) is 0 Å². The molecule has 0 saturated carbocycles. The molecule has 0 heterocycles. The van der Waals surface area contributed by atoms with Crippen molar-refractivity contribution in [2.75, 3.05) is 6.54 Å². The van der Waals surface area contributed by atoms with Crippen LogP contribution in [0.5, 0.6) is 0 Å². The zero-order valence-electron chi connectivity index (χ0n) is 10.7. The smallest absolute Gasteiger partial charge is 0.269 e. The summed E-state index contributed by atoms with van der Waals surface area (Å²) in [6.07, 6.45) is 8.35. The number of nitrogens with one attached hydrogen (secondary N) is 1. The Hall–Kier alpha value is -2.43. The van der Waals surface area contributed by atoms with E-state index in [0.29, 0.717) is 5.56 Å². The van der Waals surface area contributed by atoms with Crippen molar-refractivity contribution in [2.24, 2.45) is 0 Å². The molecule has 5 nitrogen and oxygen atoms in total. The van der Waals surface area contributed by atoms with Crippen LogP contribution >= 0.6 is 0 Å². The molecule has 5 heteroatoms. The molecule has 19 heavy (non-hydrogen) atoms. The minimum Gasteiger partial charge on any atom is -0.383 e. The predicted octanol–water partition coefficient (Wildman–Crippen LogP) is 2.85. The Morgan fingerprint density at radius 2 is 2.00 bits per heavy atom. The third-order valence-electron chi connectivity index (χ3n) is 2.36. The van der Waals surface area contributed by atoms with Crippen molar-refractivity contribution in [2.45, 2.75) is 13.3 Å². The molecule has 0 unspecified atom stereocenters. The number of carbonyl (C=O) groups excluding carboxylic acids is 1. The predicted molar refractivity (Wildman–Crippen MR) is 74.0 cm³/mol. The van der Waals surface area contributed by atoms with Crippen LogP contribution in [0.2, 0.25) is 0 Å². The van der Waals surface area contributed by atoms with E-state index in [1.165, 1.54) is 24.3 Å². The quantitative estimate of drug-likeness (QED) is 0.354. The highest BCUT2D eigenvalue weighted by atomic mass is 16.6. The first-order valence-corrected chi connectivity index (χ1v) is 5.98. The van der Waals surface area contributed by atoms with E-state index in [2.05, 4.69) is 5.32 Å². The second-order valence-corrected chi connectivity index (χ2v) is 3.80. The van der Waals surface area contributed by atoms with Crippen LogP contribution in [-0.2, 0) is 0 Å². The molecule has 0 bridgehead atoms. The fourth-order valence-corrected chi connectivity index (χ4v) is 1.36. The van der Waals surface area contributed by atoms with Gasteiger partial charge in [-0.2, -0.15) is 0 Å². The molecule has 0 aliphatic heterocycles. The fourth-order valence-electron chi connectivity index (χ4n) is 1.36. The van der Waals surface area contributed by atoms with E-state index in [9.17, 15) is 14.9 Å². The van der Waals surface area contributed by atoms with Crippen molar-refractivity contribution >= 4 is 11.5 Å². The minimum absolute atomic E-state index is 0.0193. The summed E-state index contributed by atoms with van der Waals surface area (Å²) < 4.78 is 0. The minimum atomic E-state index is -0.491. The molecule has 1 aromatic rings. The van der Waals surface area contributed by atoms with Crippen molar-refractivity contribution in [3.8, 4) is 0 Å². The number of ketones is 1. The number of hydrogen-bond acceptors (Lipinski definition) is 4. The fraction of sp³-hybridized carbons (Fsp3) is 0.214. The van der Waals surface area contributed by atoms with Crippen LogP contribution in [0, 0.1) is 10.1 Å². The van der Waals surface area contributed by atoms with Crippen LogP contribution in [-0.4, -0.2) is 17.3 Å². The van der Waals surface area contributed by atoms with Gasteiger partial charge in [-0.3, -0.25) is 14.9 Å². The van der Waals surface area contributed by atoms with E-state index in [-0.39, 0.29) is 18.0 Å². The number of rotatable bonds is 7. The molecule has 0 saturated heterocycles. The van der Waals surface area contributed by atoms with Crippen LogP contribution in [0.15, 0.2) is 48.7 Å². The standard InChI is InChI=1S/C14H16N2O3/c1-2-3-4-5-10-15-11-14(17)12-6-8-13(9-7-12)16(18)19/h3-10,15H,2,11H2,1H3/b4-3-,10-5-. The first-order valence-electron chi connectivity index (χ1n) is 5.98. The zero-order valence-corrected chi connectivity index (χ0v) is 10.7. The first kappa shape index (κ1) is 14.6. The van der Waals surface area contributed by atoms with E-state index >= 15 is 0 Å². The summed E-state index contributed by atoms with van der Waals surface area (Å²) in [5, 5.41) is 13.3. The Bertz CT molecular complexity index is 490. The topological polar surface area (TPSA) is 72.2 Å². The van der Waals surface area contributed by atoms with E-state index in [1.807, 2.05) is 25.2 Å². The Morgan fingerprint density at radius 1 is 1.32 bits per heavy atom. The number of nitrogens with zero attached hydrogens (tertiary/aromatic N) is 1. The van der Waals surface area contributed by atoms with Gasteiger partial charge in [0.1, 0.15) is 0 Å². The van der Waals surface area contributed by atoms with Crippen molar-refractivity contribution in [1.29, 1.82) is 0 Å². The number of non-ortho nitro benzene ring substituents is 1. The first-order chi connectivity index (χ1) is 9.15. The Balaban J connectivity index is 2.47. The van der Waals surface area contributed by atoms with Gasteiger partial charge in [-0.25, -0.2) is 0 Å². The van der Waals surface area contributed by atoms with Gasteiger partial charge >= 0.3 is 0 Å². The molecular weight excluding hydrogens is 244 g/mol. The lowest BCUT2D eigenvalue weighted by Gasteiger charge is -2.00. The van der Waals surface area contributed by atoms with Gasteiger partial charge in [0, 0.05) is 17.7 Å². The number of nitro groups is 1. The highest BCUT2D eigenvalue weighted by Crippen LogP contribution is 2.11. The molecule has 0 aromatic heterocycles. The monoisotopic (exact) mass is 260 g/mol. The molecule has 1 aromatic carbocycles. The Labute approximate surface area is 111 Å². The molecule has 1 N–H and O–H groups in total. The molecule has 0 radical (unpaired) electrons. The number of hydrogen-bond donors (Lipinski definition) is 1. The maximum absolute atomic E-state index is 11.7. The van der Waals surface area contributed by atoms with Crippen molar-refractivity contribution in [3.05, 3.63) is 64.4 Å². The summed E-state index contributed by atoms with van der Waals surface area (Å²) in [4.78, 5) is 21.7. The van der Waals surface area contributed by atoms with Gasteiger partial charge in [0.25, 0.3) is 5.69 Å². The lowest BCUT2D eigenvalue weighted by Crippen LogP contribution is -2.17. The molecule has 0 spiro atoms. The van der Waals surface area contributed by atoms with Crippen LogP contribution in [0.3, 0.4) is 0 Å². The summed E-state index contributed by atoms with van der Waals surface area (Å²) in [6.45, 7) is 2.20. The molecule has 0 aliphatic rings. The van der Waals surface area contributed by atoms with Crippen LogP contribution in [0.4, 0.5) is 5.69 Å². The maximum Gasteiger partial charge on any atom is 0.269 e. The summed E-state index contributed by atoms with van der Waals surface area (Å²) in [7, 11) is 0.